The monoisotopic (exact) mass is 224 g/mol. The lowest BCUT2D eigenvalue weighted by Gasteiger charge is -2.56. The van der Waals surface area contributed by atoms with Crippen LogP contribution >= 0.6 is 7.92 Å². The Bertz CT molecular complexity index is 203. The minimum Gasteiger partial charge on any atom is -0.104 e. The van der Waals surface area contributed by atoms with E-state index in [0.29, 0.717) is 7.92 Å². The molecule has 4 saturated carbocycles. The Labute approximate surface area is 96.0 Å². The van der Waals surface area contributed by atoms with Crippen molar-refractivity contribution in [2.45, 2.75) is 51.6 Å². The maximum atomic E-state index is 2.44. The first-order valence-corrected chi connectivity index (χ1v) is 8.84. The molecule has 0 spiro atoms. The molecular weight excluding hydrogens is 199 g/mol. The smallest absolute Gasteiger partial charge is 0.0152 e. The van der Waals surface area contributed by atoms with E-state index in [0.717, 1.165) is 11.8 Å². The summed E-state index contributed by atoms with van der Waals surface area (Å²) in [7, 11) is 0.394. The first-order valence-electron chi connectivity index (χ1n) is 7.05. The van der Waals surface area contributed by atoms with Crippen LogP contribution in [0, 0.1) is 23.7 Å². The Balaban J connectivity index is 1.79. The average Bonchev–Trinajstić information content (AvgIpc) is 2.22. The third kappa shape index (κ3) is 1.68. The van der Waals surface area contributed by atoms with Crippen LogP contribution < -0.4 is 0 Å². The van der Waals surface area contributed by atoms with Crippen molar-refractivity contribution >= 4 is 7.92 Å². The molecule has 4 rings (SSSR count). The highest BCUT2D eigenvalue weighted by molar-refractivity contribution is 7.58. The minimum atomic E-state index is 0.394. The first-order chi connectivity index (χ1) is 7.31. The van der Waals surface area contributed by atoms with Crippen LogP contribution in [0.4, 0.5) is 0 Å². The second kappa shape index (κ2) is 4.02. The van der Waals surface area contributed by atoms with Crippen LogP contribution in [-0.4, -0.2) is 18.0 Å². The topological polar surface area (TPSA) is 0 Å². The lowest BCUT2D eigenvalue weighted by molar-refractivity contribution is 0.0248. The zero-order chi connectivity index (χ0) is 10.4. The van der Waals surface area contributed by atoms with Crippen molar-refractivity contribution < 1.29 is 0 Å². The molecule has 4 fully saturated rings. The molecule has 0 aromatic carbocycles. The Morgan fingerprint density at radius 2 is 1.27 bits per heavy atom. The second-order valence-electron chi connectivity index (χ2n) is 6.14. The largest absolute Gasteiger partial charge is 0.104 e. The van der Waals surface area contributed by atoms with Crippen molar-refractivity contribution in [2.24, 2.45) is 23.7 Å². The first kappa shape index (κ1) is 10.6. The van der Waals surface area contributed by atoms with Gasteiger partial charge in [-0.25, -0.2) is 0 Å². The molecule has 0 nitrogen and oxygen atoms in total. The molecule has 0 aromatic heterocycles. The lowest BCUT2D eigenvalue weighted by Crippen LogP contribution is -2.47. The van der Waals surface area contributed by atoms with Gasteiger partial charge in [0.25, 0.3) is 0 Å². The molecule has 0 N–H and O–H groups in total. The molecular formula is C14H25P. The van der Waals surface area contributed by atoms with Crippen LogP contribution in [0.25, 0.3) is 0 Å². The van der Waals surface area contributed by atoms with E-state index in [1.165, 1.54) is 29.8 Å². The van der Waals surface area contributed by atoms with Gasteiger partial charge >= 0.3 is 0 Å². The van der Waals surface area contributed by atoms with Crippen molar-refractivity contribution in [3.63, 3.8) is 0 Å². The molecule has 4 aliphatic carbocycles. The average molecular weight is 224 g/mol. The van der Waals surface area contributed by atoms with Crippen LogP contribution in [0.5, 0.6) is 0 Å². The van der Waals surface area contributed by atoms with Gasteiger partial charge in [-0.1, -0.05) is 13.8 Å². The van der Waals surface area contributed by atoms with E-state index in [1.54, 1.807) is 32.1 Å². The van der Waals surface area contributed by atoms with Crippen LogP contribution in [0.15, 0.2) is 0 Å². The van der Waals surface area contributed by atoms with Crippen molar-refractivity contribution in [1.82, 2.24) is 0 Å². The predicted octanol–water partition coefficient (Wildman–Crippen LogP) is 4.33. The molecule has 0 saturated heterocycles. The highest BCUT2D eigenvalue weighted by Gasteiger charge is 2.49. The fourth-order valence-electron chi connectivity index (χ4n) is 5.14. The molecule has 0 aliphatic heterocycles. The fourth-order valence-corrected chi connectivity index (χ4v) is 8.11. The van der Waals surface area contributed by atoms with E-state index in [4.69, 9.17) is 0 Å². The minimum absolute atomic E-state index is 0.394. The number of hydrogen-bond donors (Lipinski definition) is 0. The standard InChI is InChI=1S/C14H25P/c1-3-15(4-2)14-12-6-10-5-11(8-12)9-13(14)7-10/h10-14H,3-9H2,1-2H3. The van der Waals surface area contributed by atoms with E-state index in [1.807, 2.05) is 0 Å². The van der Waals surface area contributed by atoms with Gasteiger partial charge in [0.2, 0.25) is 0 Å². The van der Waals surface area contributed by atoms with E-state index < -0.39 is 0 Å². The zero-order valence-corrected chi connectivity index (χ0v) is 11.2. The van der Waals surface area contributed by atoms with Crippen molar-refractivity contribution in [2.75, 3.05) is 12.3 Å². The third-order valence-corrected chi connectivity index (χ3v) is 8.72. The predicted molar refractivity (Wildman–Crippen MR) is 68.8 cm³/mol. The Morgan fingerprint density at radius 1 is 0.800 bits per heavy atom. The Hall–Kier alpha value is 0.430. The quantitative estimate of drug-likeness (QED) is 0.626. The maximum Gasteiger partial charge on any atom is -0.0152 e. The molecule has 0 aromatic rings. The SMILES string of the molecule is CCP(CC)C1C2CC3CC(C2)CC1C3. The summed E-state index contributed by atoms with van der Waals surface area (Å²) in [5.74, 6) is 4.67. The van der Waals surface area contributed by atoms with Gasteiger partial charge < -0.3 is 0 Å². The normalized spacial score (nSPS) is 47.8. The molecule has 15 heavy (non-hydrogen) atoms. The summed E-state index contributed by atoms with van der Waals surface area (Å²) < 4.78 is 0. The number of hydrogen-bond acceptors (Lipinski definition) is 0. The highest BCUT2D eigenvalue weighted by Crippen LogP contribution is 2.62. The summed E-state index contributed by atoms with van der Waals surface area (Å²) in [6, 6.07) is 0. The number of rotatable bonds is 3. The summed E-state index contributed by atoms with van der Waals surface area (Å²) in [4.78, 5) is 0. The van der Waals surface area contributed by atoms with Gasteiger partial charge in [0.05, 0.1) is 0 Å². The van der Waals surface area contributed by atoms with Crippen LogP contribution in [-0.2, 0) is 0 Å². The van der Waals surface area contributed by atoms with Gasteiger partial charge in [-0.2, -0.15) is 0 Å². The zero-order valence-electron chi connectivity index (χ0n) is 10.3. The molecule has 0 radical (unpaired) electrons. The molecule has 4 bridgehead atoms. The maximum absolute atomic E-state index is 2.44. The molecule has 1 heteroatoms. The van der Waals surface area contributed by atoms with Gasteiger partial charge in [-0.05, 0) is 73.8 Å². The van der Waals surface area contributed by atoms with Crippen molar-refractivity contribution in [1.29, 1.82) is 0 Å². The van der Waals surface area contributed by atoms with E-state index in [2.05, 4.69) is 13.8 Å². The van der Waals surface area contributed by atoms with Crippen molar-refractivity contribution in [3.8, 4) is 0 Å². The van der Waals surface area contributed by atoms with Gasteiger partial charge in [0.15, 0.2) is 0 Å². The summed E-state index contributed by atoms with van der Waals surface area (Å²) in [5.41, 5.74) is 1.20. The summed E-state index contributed by atoms with van der Waals surface area (Å²) >= 11 is 0. The van der Waals surface area contributed by atoms with Crippen molar-refractivity contribution in [3.05, 3.63) is 0 Å². The second-order valence-corrected chi connectivity index (χ2v) is 9.18. The Morgan fingerprint density at radius 3 is 1.67 bits per heavy atom. The van der Waals surface area contributed by atoms with Gasteiger partial charge in [0.1, 0.15) is 0 Å². The molecule has 0 amide bonds. The molecule has 4 aliphatic rings. The van der Waals surface area contributed by atoms with Crippen LogP contribution in [0.1, 0.15) is 46.0 Å². The molecule has 86 valence electrons. The summed E-state index contributed by atoms with van der Waals surface area (Å²) in [6.45, 7) is 4.89. The molecule has 0 atom stereocenters. The highest BCUT2D eigenvalue weighted by atomic mass is 31.1. The van der Waals surface area contributed by atoms with E-state index >= 15 is 0 Å². The van der Waals surface area contributed by atoms with Gasteiger partial charge in [-0.15, -0.1) is 7.92 Å². The lowest BCUT2D eigenvalue weighted by atomic mass is 9.56. The van der Waals surface area contributed by atoms with Gasteiger partial charge in [0, 0.05) is 0 Å². The van der Waals surface area contributed by atoms with E-state index in [-0.39, 0.29) is 0 Å². The fraction of sp³-hybridized carbons (Fsp3) is 1.00. The summed E-state index contributed by atoms with van der Waals surface area (Å²) in [5, 5.41) is 0. The molecule has 0 unspecified atom stereocenters. The Kier molecular flexibility index (Phi) is 2.84. The summed E-state index contributed by atoms with van der Waals surface area (Å²) in [6.07, 6.45) is 11.1. The van der Waals surface area contributed by atoms with Gasteiger partial charge in [-0.3, -0.25) is 0 Å². The van der Waals surface area contributed by atoms with Crippen LogP contribution in [0.3, 0.4) is 0 Å². The molecule has 0 heterocycles. The van der Waals surface area contributed by atoms with E-state index in [9.17, 15) is 0 Å². The third-order valence-electron chi connectivity index (χ3n) is 5.41. The van der Waals surface area contributed by atoms with Crippen LogP contribution in [0.2, 0.25) is 0 Å².